The van der Waals surface area contributed by atoms with Gasteiger partial charge in [-0.05, 0) is 0 Å². The summed E-state index contributed by atoms with van der Waals surface area (Å²) in [5, 5.41) is 11.0. The molecule has 1 saturated heterocycles. The lowest BCUT2D eigenvalue weighted by Gasteiger charge is -2.24. The van der Waals surface area contributed by atoms with E-state index in [0.717, 1.165) is 0 Å². The third kappa shape index (κ3) is 2.07. The fraction of sp³-hybridized carbons (Fsp3) is 0.800. The maximum absolute atomic E-state index is 10.5. The van der Waals surface area contributed by atoms with Gasteiger partial charge in [0.15, 0.2) is 0 Å². The highest BCUT2D eigenvalue weighted by Crippen LogP contribution is 2.03. The molecule has 1 aliphatic rings. The first-order chi connectivity index (χ1) is 4.68. The molecule has 0 aromatic rings. The lowest BCUT2D eigenvalue weighted by molar-refractivity contribution is -0.136. The van der Waals surface area contributed by atoms with Gasteiger partial charge >= 0.3 is 5.97 Å². The maximum atomic E-state index is 10.5. The Bertz CT molecular complexity index is 162. The minimum atomic E-state index is -0.863. The number of hydrogen-bond acceptors (Lipinski definition) is 3. The molecule has 0 atom stereocenters. The van der Waals surface area contributed by atoms with Crippen LogP contribution in [0.1, 0.15) is 0 Å². The second kappa shape index (κ2) is 3.12. The molecule has 1 aliphatic heterocycles. The molecule has 0 spiro atoms. The lowest BCUT2D eigenvalue weighted by atomic mass is 10.4. The molecule has 0 saturated carbocycles. The maximum Gasteiger partial charge on any atom is 0.317 e. The van der Waals surface area contributed by atoms with Crippen molar-refractivity contribution in [2.24, 2.45) is 0 Å². The minimum Gasteiger partial charge on any atom is -0.480 e. The number of carboxylic acid groups (broad SMARTS) is 1. The van der Waals surface area contributed by atoms with Gasteiger partial charge in [-0.2, -0.15) is 0 Å². The van der Waals surface area contributed by atoms with Crippen molar-refractivity contribution < 1.29 is 14.1 Å². The van der Waals surface area contributed by atoms with Crippen molar-refractivity contribution in [2.75, 3.05) is 18.1 Å². The SMILES string of the molecule is O=C(O)CNC1CS(=O)C1. The average Bonchev–Trinajstić information content (AvgIpc) is 1.77. The number of carboxylic acids is 1. The predicted octanol–water partition coefficient (Wildman–Crippen LogP) is -1.21. The van der Waals surface area contributed by atoms with Gasteiger partial charge < -0.3 is 10.4 Å². The number of carbonyl (C=O) groups is 1. The number of nitrogens with one attached hydrogen (secondary N) is 1. The van der Waals surface area contributed by atoms with Crippen molar-refractivity contribution in [1.29, 1.82) is 0 Å². The third-order valence-electron chi connectivity index (χ3n) is 1.32. The molecular weight excluding hydrogens is 154 g/mol. The van der Waals surface area contributed by atoms with Gasteiger partial charge in [-0.15, -0.1) is 0 Å². The van der Waals surface area contributed by atoms with Crippen LogP contribution in [0.5, 0.6) is 0 Å². The molecule has 0 aromatic carbocycles. The molecule has 58 valence electrons. The monoisotopic (exact) mass is 163 g/mol. The summed E-state index contributed by atoms with van der Waals surface area (Å²) < 4.78 is 10.5. The molecule has 10 heavy (non-hydrogen) atoms. The summed E-state index contributed by atoms with van der Waals surface area (Å²) in [4.78, 5) is 9.99. The topological polar surface area (TPSA) is 66.4 Å². The number of rotatable bonds is 3. The molecule has 1 rings (SSSR count). The van der Waals surface area contributed by atoms with E-state index in [2.05, 4.69) is 5.32 Å². The zero-order valence-corrected chi connectivity index (χ0v) is 6.19. The van der Waals surface area contributed by atoms with Crippen LogP contribution in [-0.4, -0.2) is 39.4 Å². The highest BCUT2D eigenvalue weighted by atomic mass is 32.2. The van der Waals surface area contributed by atoms with Crippen molar-refractivity contribution in [1.82, 2.24) is 5.32 Å². The second-order valence-corrected chi connectivity index (χ2v) is 3.79. The minimum absolute atomic E-state index is 0.0259. The Hall–Kier alpha value is -0.420. The van der Waals surface area contributed by atoms with E-state index in [0.29, 0.717) is 11.5 Å². The second-order valence-electron chi connectivity index (χ2n) is 2.24. The van der Waals surface area contributed by atoms with Gasteiger partial charge in [-0.3, -0.25) is 9.00 Å². The first-order valence-corrected chi connectivity index (χ1v) is 4.47. The van der Waals surface area contributed by atoms with Crippen LogP contribution in [0.3, 0.4) is 0 Å². The molecule has 0 bridgehead atoms. The Balaban J connectivity index is 2.05. The number of hydrogen-bond donors (Lipinski definition) is 2. The van der Waals surface area contributed by atoms with Crippen molar-refractivity contribution >= 4 is 16.8 Å². The van der Waals surface area contributed by atoms with E-state index in [4.69, 9.17) is 5.11 Å². The van der Waals surface area contributed by atoms with E-state index in [9.17, 15) is 9.00 Å². The van der Waals surface area contributed by atoms with E-state index in [1.54, 1.807) is 0 Å². The van der Waals surface area contributed by atoms with Gasteiger partial charge in [0.25, 0.3) is 0 Å². The first kappa shape index (κ1) is 7.68. The fourth-order valence-corrected chi connectivity index (χ4v) is 1.79. The molecule has 0 aromatic heterocycles. The van der Waals surface area contributed by atoms with Crippen LogP contribution in [0, 0.1) is 0 Å². The van der Waals surface area contributed by atoms with Crippen molar-refractivity contribution in [3.63, 3.8) is 0 Å². The highest BCUT2D eigenvalue weighted by molar-refractivity contribution is 7.86. The molecule has 1 heterocycles. The van der Waals surface area contributed by atoms with Crippen LogP contribution < -0.4 is 5.32 Å². The van der Waals surface area contributed by atoms with Crippen LogP contribution in [0.15, 0.2) is 0 Å². The van der Waals surface area contributed by atoms with Crippen molar-refractivity contribution in [3.05, 3.63) is 0 Å². The van der Waals surface area contributed by atoms with Crippen LogP contribution >= 0.6 is 0 Å². The Morgan fingerprint density at radius 2 is 2.30 bits per heavy atom. The molecule has 4 nitrogen and oxygen atoms in total. The van der Waals surface area contributed by atoms with Gasteiger partial charge in [0, 0.05) is 28.3 Å². The molecule has 2 N–H and O–H groups in total. The van der Waals surface area contributed by atoms with E-state index in [1.165, 1.54) is 0 Å². The molecule has 0 radical (unpaired) electrons. The summed E-state index contributed by atoms with van der Waals surface area (Å²) in [5.41, 5.74) is 0. The van der Waals surface area contributed by atoms with E-state index < -0.39 is 16.8 Å². The summed E-state index contributed by atoms with van der Waals surface area (Å²) in [5.74, 6) is 0.346. The predicted molar refractivity (Wildman–Crippen MR) is 37.3 cm³/mol. The molecule has 0 aliphatic carbocycles. The summed E-state index contributed by atoms with van der Waals surface area (Å²) in [6, 6.07) is 0.164. The quantitative estimate of drug-likeness (QED) is 0.548. The zero-order valence-electron chi connectivity index (χ0n) is 5.37. The molecular formula is C5H9NO3S. The van der Waals surface area contributed by atoms with Gasteiger partial charge in [0.2, 0.25) is 0 Å². The first-order valence-electron chi connectivity index (χ1n) is 2.98. The van der Waals surface area contributed by atoms with Gasteiger partial charge in [-0.1, -0.05) is 0 Å². The number of aliphatic carboxylic acids is 1. The average molecular weight is 163 g/mol. The fourth-order valence-electron chi connectivity index (χ4n) is 0.749. The molecule has 0 unspecified atom stereocenters. The lowest BCUT2D eigenvalue weighted by Crippen LogP contribution is -2.49. The third-order valence-corrected chi connectivity index (χ3v) is 2.86. The normalized spacial score (nSPS) is 31.2. The van der Waals surface area contributed by atoms with Crippen LogP contribution in [-0.2, 0) is 15.6 Å². The largest absolute Gasteiger partial charge is 0.480 e. The summed E-state index contributed by atoms with van der Waals surface area (Å²) in [6.45, 7) is -0.0259. The Labute approximate surface area is 61.1 Å². The Kier molecular flexibility index (Phi) is 2.39. The molecule has 5 heteroatoms. The van der Waals surface area contributed by atoms with Gasteiger partial charge in [0.05, 0.1) is 6.54 Å². The van der Waals surface area contributed by atoms with Crippen LogP contribution in [0.2, 0.25) is 0 Å². The molecule has 0 amide bonds. The zero-order chi connectivity index (χ0) is 7.56. The summed E-state index contributed by atoms with van der Waals surface area (Å²) in [7, 11) is -0.692. The van der Waals surface area contributed by atoms with E-state index in [1.807, 2.05) is 0 Å². The highest BCUT2D eigenvalue weighted by Gasteiger charge is 2.24. The van der Waals surface area contributed by atoms with Crippen molar-refractivity contribution in [3.8, 4) is 0 Å². The Morgan fingerprint density at radius 1 is 1.70 bits per heavy atom. The van der Waals surface area contributed by atoms with E-state index in [-0.39, 0.29) is 12.6 Å². The standard InChI is InChI=1S/C5H9NO3S/c7-5(8)1-6-4-2-10(9)3-4/h4,6H,1-3H2,(H,7,8). The van der Waals surface area contributed by atoms with Gasteiger partial charge in [0.1, 0.15) is 0 Å². The van der Waals surface area contributed by atoms with E-state index >= 15 is 0 Å². The van der Waals surface area contributed by atoms with Crippen LogP contribution in [0.25, 0.3) is 0 Å². The smallest absolute Gasteiger partial charge is 0.317 e. The van der Waals surface area contributed by atoms with Gasteiger partial charge in [-0.25, -0.2) is 0 Å². The van der Waals surface area contributed by atoms with Crippen LogP contribution in [0.4, 0.5) is 0 Å². The van der Waals surface area contributed by atoms with Crippen molar-refractivity contribution in [2.45, 2.75) is 6.04 Å². The summed E-state index contributed by atoms with van der Waals surface area (Å²) >= 11 is 0. The molecule has 1 fully saturated rings. The Morgan fingerprint density at radius 3 is 2.70 bits per heavy atom. The summed E-state index contributed by atoms with van der Waals surface area (Å²) in [6.07, 6.45) is 0.